The van der Waals surface area contributed by atoms with Crippen LogP contribution in [-0.2, 0) is 27.9 Å². The van der Waals surface area contributed by atoms with Crippen molar-refractivity contribution in [3.8, 4) is 0 Å². The van der Waals surface area contributed by atoms with E-state index in [1.807, 2.05) is 33.3 Å². The molecule has 0 aliphatic heterocycles. The average Bonchev–Trinajstić information content (AvgIpc) is 3.52. The summed E-state index contributed by atoms with van der Waals surface area (Å²) in [5.41, 5.74) is 0. The number of carbonyl (C=O) groups excluding carboxylic acids is 2. The molecule has 0 aliphatic rings. The van der Waals surface area contributed by atoms with E-state index in [0.29, 0.717) is 17.4 Å². The third-order valence-corrected chi connectivity index (χ3v) is 17.4. The Bertz CT molecular complexity index is 1640. The molecule has 0 fully saturated rings. The minimum absolute atomic E-state index is 0.0229. The summed E-state index contributed by atoms with van der Waals surface area (Å²) in [5.74, 6) is -0.531. The van der Waals surface area contributed by atoms with Gasteiger partial charge in [0.05, 0.1) is 33.8 Å². The molecule has 0 saturated heterocycles. The summed E-state index contributed by atoms with van der Waals surface area (Å²) < 4.78 is 30.5. The van der Waals surface area contributed by atoms with Gasteiger partial charge in [-0.2, -0.15) is 0 Å². The third kappa shape index (κ3) is 66.0. The molecule has 0 rings (SSSR count). The number of allylic oxidation sites excluding steroid dienone is 9. The maximum Gasteiger partial charge on any atom is 0.306 e. The van der Waals surface area contributed by atoms with Crippen molar-refractivity contribution in [1.29, 1.82) is 0 Å². The molecular formula is C75H141N2O7P. The van der Waals surface area contributed by atoms with Crippen LogP contribution in [0.5, 0.6) is 0 Å². The lowest BCUT2D eigenvalue weighted by Crippen LogP contribution is -2.47. The Morgan fingerprint density at radius 1 is 0.412 bits per heavy atom. The first-order valence-corrected chi connectivity index (χ1v) is 38.1. The number of hydrogen-bond donors (Lipinski definition) is 1. The van der Waals surface area contributed by atoms with Gasteiger partial charge in [-0.3, -0.25) is 14.2 Å². The number of ether oxygens (including phenoxy) is 1. The predicted molar refractivity (Wildman–Crippen MR) is 367 cm³/mol. The standard InChI is InChI=1S/C75H141N2O7P/c1-7-10-13-16-19-22-25-28-30-32-34-36-38-40-42-44-46-49-52-55-58-61-64-67-74(78)76-72(71-83-85(80,81)82-70-69-77(4,5)6)73(66-63-60-57-54-51-48-27-24-21-18-15-12-9-3)84-75(79)68-65-62-59-56-53-50-47-45-43-41-39-37-35-33-31-29-26-23-20-17-14-11-8-2/h19,22,28-31,34,36,63,66,72-73H,7-18,20-21,23-27,32-33,35,37-62,64-65,67-71H2,1-6H3,(H-,76,78,80,81)/b22-19-,30-28-,31-29+,36-34-,66-63+. The van der Waals surface area contributed by atoms with Crippen molar-refractivity contribution in [2.45, 2.75) is 367 Å². The van der Waals surface area contributed by atoms with Gasteiger partial charge < -0.3 is 28.5 Å². The van der Waals surface area contributed by atoms with Crippen molar-refractivity contribution in [2.75, 3.05) is 40.9 Å². The van der Waals surface area contributed by atoms with E-state index in [1.54, 1.807) is 0 Å². The number of hydrogen-bond acceptors (Lipinski definition) is 7. The summed E-state index contributed by atoms with van der Waals surface area (Å²) in [6.45, 7) is 6.86. The Kier molecular flexibility index (Phi) is 62.9. The zero-order valence-corrected chi connectivity index (χ0v) is 58.0. The first-order chi connectivity index (χ1) is 41.4. The van der Waals surface area contributed by atoms with E-state index in [-0.39, 0.29) is 31.5 Å². The van der Waals surface area contributed by atoms with E-state index in [0.717, 1.165) is 77.0 Å². The number of nitrogens with one attached hydrogen (secondary N) is 1. The van der Waals surface area contributed by atoms with E-state index < -0.39 is 20.0 Å². The fourth-order valence-corrected chi connectivity index (χ4v) is 11.5. The number of nitrogens with zero attached hydrogens (tertiary/aromatic N) is 1. The Labute approximate surface area is 528 Å². The van der Waals surface area contributed by atoms with Crippen molar-refractivity contribution in [3.05, 3.63) is 60.8 Å². The summed E-state index contributed by atoms with van der Waals surface area (Å²) >= 11 is 0. The number of quaternary nitrogens is 1. The van der Waals surface area contributed by atoms with E-state index in [4.69, 9.17) is 13.8 Å². The quantitative estimate of drug-likeness (QED) is 0.0212. The van der Waals surface area contributed by atoms with Crippen molar-refractivity contribution < 1.29 is 37.3 Å². The Morgan fingerprint density at radius 2 is 0.718 bits per heavy atom. The number of unbranched alkanes of at least 4 members (excludes halogenated alkanes) is 43. The van der Waals surface area contributed by atoms with Crippen LogP contribution in [0.2, 0.25) is 0 Å². The summed E-state index contributed by atoms with van der Waals surface area (Å²) in [6, 6.07) is -0.892. The third-order valence-electron chi connectivity index (χ3n) is 16.4. The molecule has 0 heterocycles. The maximum atomic E-state index is 13.6. The van der Waals surface area contributed by atoms with E-state index in [1.165, 1.54) is 244 Å². The predicted octanol–water partition coefficient (Wildman–Crippen LogP) is 22.7. The molecule has 85 heavy (non-hydrogen) atoms. The second-order valence-corrected chi connectivity index (χ2v) is 27.5. The Balaban J connectivity index is 5.08. The topological polar surface area (TPSA) is 114 Å². The number of amides is 1. The largest absolute Gasteiger partial charge is 0.756 e. The lowest BCUT2D eigenvalue weighted by Gasteiger charge is -2.30. The smallest absolute Gasteiger partial charge is 0.306 e. The van der Waals surface area contributed by atoms with Gasteiger partial charge >= 0.3 is 5.97 Å². The summed E-state index contributed by atoms with van der Waals surface area (Å²) in [4.78, 5) is 40.2. The van der Waals surface area contributed by atoms with E-state index >= 15 is 0 Å². The number of esters is 1. The molecule has 498 valence electrons. The highest BCUT2D eigenvalue weighted by Crippen LogP contribution is 2.38. The van der Waals surface area contributed by atoms with Crippen LogP contribution in [0.1, 0.15) is 355 Å². The van der Waals surface area contributed by atoms with Crippen molar-refractivity contribution in [1.82, 2.24) is 5.32 Å². The van der Waals surface area contributed by atoms with Crippen molar-refractivity contribution in [3.63, 3.8) is 0 Å². The van der Waals surface area contributed by atoms with Crippen LogP contribution in [0, 0.1) is 0 Å². The van der Waals surface area contributed by atoms with Gasteiger partial charge in [0.2, 0.25) is 5.91 Å². The van der Waals surface area contributed by atoms with Gasteiger partial charge in [-0.05, 0) is 96.0 Å². The molecule has 0 aromatic rings. The first kappa shape index (κ1) is 82.7. The Morgan fingerprint density at radius 3 is 1.11 bits per heavy atom. The molecule has 0 aromatic heterocycles. The van der Waals surface area contributed by atoms with Crippen molar-refractivity contribution >= 4 is 19.7 Å². The normalized spacial score (nSPS) is 13.8. The van der Waals surface area contributed by atoms with Gasteiger partial charge in [-0.25, -0.2) is 0 Å². The maximum absolute atomic E-state index is 13.6. The second kappa shape index (κ2) is 64.7. The van der Waals surface area contributed by atoms with E-state index in [2.05, 4.69) is 74.7 Å². The van der Waals surface area contributed by atoms with Gasteiger partial charge in [0.25, 0.3) is 7.82 Å². The second-order valence-electron chi connectivity index (χ2n) is 26.1. The molecule has 0 radical (unpaired) electrons. The summed E-state index contributed by atoms with van der Waals surface area (Å²) in [6.07, 6.45) is 83.4. The minimum atomic E-state index is -4.71. The molecule has 0 saturated carbocycles. The lowest BCUT2D eigenvalue weighted by atomic mass is 10.0. The van der Waals surface area contributed by atoms with Gasteiger partial charge in [0, 0.05) is 12.8 Å². The Hall–Kier alpha value is -2.29. The van der Waals surface area contributed by atoms with Crippen LogP contribution in [0.15, 0.2) is 60.8 Å². The first-order valence-electron chi connectivity index (χ1n) is 36.6. The van der Waals surface area contributed by atoms with Crippen LogP contribution in [0.3, 0.4) is 0 Å². The molecule has 1 N–H and O–H groups in total. The molecule has 0 aromatic carbocycles. The van der Waals surface area contributed by atoms with Crippen LogP contribution in [0.25, 0.3) is 0 Å². The number of carbonyl (C=O) groups is 2. The number of likely N-dealkylation sites (N-methyl/N-ethyl adjacent to an activating group) is 1. The zero-order valence-electron chi connectivity index (χ0n) is 57.1. The van der Waals surface area contributed by atoms with Crippen LogP contribution < -0.4 is 10.2 Å². The van der Waals surface area contributed by atoms with Gasteiger partial charge in [0.1, 0.15) is 19.3 Å². The highest BCUT2D eigenvalue weighted by molar-refractivity contribution is 7.45. The molecule has 9 nitrogen and oxygen atoms in total. The zero-order chi connectivity index (χ0) is 62.1. The van der Waals surface area contributed by atoms with Crippen LogP contribution in [0.4, 0.5) is 0 Å². The molecule has 0 spiro atoms. The summed E-state index contributed by atoms with van der Waals surface area (Å²) in [7, 11) is 1.19. The highest BCUT2D eigenvalue weighted by Gasteiger charge is 2.27. The van der Waals surface area contributed by atoms with Crippen LogP contribution in [-0.4, -0.2) is 69.4 Å². The van der Waals surface area contributed by atoms with Crippen LogP contribution >= 0.6 is 7.82 Å². The molecule has 0 bridgehead atoms. The highest BCUT2D eigenvalue weighted by atomic mass is 31.2. The summed E-state index contributed by atoms with van der Waals surface area (Å²) in [5, 5.41) is 3.05. The fraction of sp³-hybridized carbons (Fsp3) is 0.840. The number of phosphoric ester groups is 1. The molecule has 1 amide bonds. The molecule has 3 unspecified atom stereocenters. The molecule has 10 heteroatoms. The molecule has 3 atom stereocenters. The number of rotatable bonds is 67. The molecular weight excluding hydrogens is 1070 g/mol. The monoisotopic (exact) mass is 1210 g/mol. The fourth-order valence-electron chi connectivity index (χ4n) is 10.8. The van der Waals surface area contributed by atoms with Gasteiger partial charge in [0.15, 0.2) is 0 Å². The SMILES string of the molecule is CCCCC/C=C\C/C=C\C/C=C\CCCCCCCCCCCCC(=O)NC(COP(=O)([O-])OCC[N+](C)(C)C)C(/C=C/CCCCCCCCCCCCC)OC(=O)CCCCCCCCCCCCCCC/C=C/CCCCCCCC. The van der Waals surface area contributed by atoms with E-state index in [9.17, 15) is 19.0 Å². The van der Waals surface area contributed by atoms with Gasteiger partial charge in [-0.15, -0.1) is 0 Å². The lowest BCUT2D eigenvalue weighted by molar-refractivity contribution is -0.870. The van der Waals surface area contributed by atoms with Gasteiger partial charge in [-0.1, -0.05) is 307 Å². The number of phosphoric acid groups is 1. The van der Waals surface area contributed by atoms with Crippen molar-refractivity contribution in [2.24, 2.45) is 0 Å². The average molecular weight is 1210 g/mol. The minimum Gasteiger partial charge on any atom is -0.756 e. The molecule has 0 aliphatic carbocycles.